The van der Waals surface area contributed by atoms with Crippen LogP contribution in [-0.2, 0) is 4.79 Å². The number of fused-ring (bicyclic) bond motifs is 1. The van der Waals surface area contributed by atoms with E-state index in [0.717, 1.165) is 5.39 Å². The van der Waals surface area contributed by atoms with Crippen LogP contribution in [0.2, 0.25) is 0 Å². The fourth-order valence-electron chi connectivity index (χ4n) is 1.46. The standard InChI is InChI=1S/C9H7NO2.C5H11NO2/c11-9-6-5-7-3-1-2-4-8(7)10(9)12;1-3(2)4(6)5(7)8/h1-6,12H;3-4H,6H2,1-2H3,(H,7,8)/t;4-/m.0/s1. The zero-order valence-corrected chi connectivity index (χ0v) is 11.4. The molecule has 0 spiro atoms. The smallest absolute Gasteiger partial charge is 0.320 e. The summed E-state index contributed by atoms with van der Waals surface area (Å²) in [5, 5.41) is 18.3. The highest BCUT2D eigenvalue weighted by Gasteiger charge is 2.14. The van der Waals surface area contributed by atoms with Crippen molar-refractivity contribution in [1.82, 2.24) is 4.73 Å². The molecule has 1 aromatic heterocycles. The van der Waals surface area contributed by atoms with Gasteiger partial charge in [0.25, 0.3) is 5.56 Å². The quantitative estimate of drug-likeness (QED) is 0.718. The number of aliphatic carboxylic acids is 1. The van der Waals surface area contributed by atoms with E-state index < -0.39 is 17.6 Å². The lowest BCUT2D eigenvalue weighted by Gasteiger charge is -2.07. The second-order valence-electron chi connectivity index (χ2n) is 4.65. The van der Waals surface area contributed by atoms with Gasteiger partial charge in [0.1, 0.15) is 6.04 Å². The predicted molar refractivity (Wildman–Crippen MR) is 75.8 cm³/mol. The summed E-state index contributed by atoms with van der Waals surface area (Å²) in [5.41, 5.74) is 5.28. The summed E-state index contributed by atoms with van der Waals surface area (Å²) in [6.07, 6.45) is 0. The second-order valence-corrected chi connectivity index (χ2v) is 4.65. The number of nitrogens with zero attached hydrogens (tertiary/aromatic N) is 1. The van der Waals surface area contributed by atoms with Crippen LogP contribution < -0.4 is 11.3 Å². The molecule has 20 heavy (non-hydrogen) atoms. The summed E-state index contributed by atoms with van der Waals surface area (Å²) in [4.78, 5) is 21.0. The fraction of sp³-hybridized carbons (Fsp3) is 0.286. The molecular formula is C14H18N2O4. The number of nitrogens with two attached hydrogens (primary N) is 1. The van der Waals surface area contributed by atoms with Gasteiger partial charge in [0, 0.05) is 11.5 Å². The monoisotopic (exact) mass is 278 g/mol. The van der Waals surface area contributed by atoms with Gasteiger partial charge in [-0.1, -0.05) is 32.0 Å². The summed E-state index contributed by atoms with van der Waals surface area (Å²) in [5.74, 6) is -0.910. The first kappa shape index (κ1) is 15.7. The predicted octanol–water partition coefficient (Wildman–Crippen LogP) is 1.29. The molecule has 0 amide bonds. The van der Waals surface area contributed by atoms with Crippen molar-refractivity contribution in [2.75, 3.05) is 0 Å². The summed E-state index contributed by atoms with van der Waals surface area (Å²) >= 11 is 0. The molecule has 0 aliphatic heterocycles. The highest BCUT2D eigenvalue weighted by atomic mass is 16.5. The molecule has 6 nitrogen and oxygen atoms in total. The van der Waals surface area contributed by atoms with Gasteiger partial charge in [-0.15, -0.1) is 4.73 Å². The van der Waals surface area contributed by atoms with E-state index in [0.29, 0.717) is 10.2 Å². The van der Waals surface area contributed by atoms with Gasteiger partial charge in [-0.05, 0) is 18.1 Å². The van der Waals surface area contributed by atoms with Gasteiger partial charge in [0.05, 0.1) is 5.52 Å². The molecule has 6 heteroatoms. The van der Waals surface area contributed by atoms with Crippen LogP contribution in [0.5, 0.6) is 0 Å². The Morgan fingerprint density at radius 2 is 1.80 bits per heavy atom. The maximum atomic E-state index is 10.9. The van der Waals surface area contributed by atoms with E-state index in [1.807, 2.05) is 12.1 Å². The third kappa shape index (κ3) is 3.83. The first-order valence-electron chi connectivity index (χ1n) is 6.13. The van der Waals surface area contributed by atoms with E-state index in [1.165, 1.54) is 6.07 Å². The van der Waals surface area contributed by atoms with Crippen LogP contribution in [0.1, 0.15) is 13.8 Å². The molecule has 0 aliphatic rings. The third-order valence-electron chi connectivity index (χ3n) is 2.78. The van der Waals surface area contributed by atoms with Gasteiger partial charge in [0.2, 0.25) is 0 Å². The maximum absolute atomic E-state index is 10.9. The lowest BCUT2D eigenvalue weighted by atomic mass is 10.1. The molecule has 1 aromatic carbocycles. The van der Waals surface area contributed by atoms with Gasteiger partial charge in [0.15, 0.2) is 0 Å². The first-order chi connectivity index (χ1) is 9.34. The Hall–Kier alpha value is -2.34. The Bertz CT molecular complexity index is 649. The number of para-hydroxylation sites is 1. The molecular weight excluding hydrogens is 260 g/mol. The van der Waals surface area contributed by atoms with E-state index in [4.69, 9.17) is 10.8 Å². The molecule has 4 N–H and O–H groups in total. The topological polar surface area (TPSA) is 106 Å². The summed E-state index contributed by atoms with van der Waals surface area (Å²) < 4.78 is 0.648. The fourth-order valence-corrected chi connectivity index (χ4v) is 1.46. The SMILES string of the molecule is CC(C)[C@H](N)C(=O)O.O=c1ccc2ccccc2n1O. The highest BCUT2D eigenvalue weighted by Crippen LogP contribution is 2.08. The Labute approximate surface area is 116 Å². The number of rotatable bonds is 2. The number of hydrogen-bond donors (Lipinski definition) is 3. The third-order valence-corrected chi connectivity index (χ3v) is 2.78. The zero-order chi connectivity index (χ0) is 15.3. The lowest BCUT2D eigenvalue weighted by molar-refractivity contribution is -0.139. The summed E-state index contributed by atoms with van der Waals surface area (Å²) in [6.45, 7) is 3.55. The molecule has 108 valence electrons. The number of hydrogen-bond acceptors (Lipinski definition) is 4. The van der Waals surface area contributed by atoms with Crippen LogP contribution in [0.3, 0.4) is 0 Å². The van der Waals surface area contributed by atoms with E-state index >= 15 is 0 Å². The molecule has 1 heterocycles. The number of pyridine rings is 1. The van der Waals surface area contributed by atoms with Crippen LogP contribution >= 0.6 is 0 Å². The zero-order valence-electron chi connectivity index (χ0n) is 11.4. The van der Waals surface area contributed by atoms with Crippen molar-refractivity contribution in [3.63, 3.8) is 0 Å². The van der Waals surface area contributed by atoms with Gasteiger partial charge in [-0.2, -0.15) is 0 Å². The van der Waals surface area contributed by atoms with Crippen LogP contribution in [0.15, 0.2) is 41.2 Å². The molecule has 0 aliphatic carbocycles. The lowest BCUT2D eigenvalue weighted by Crippen LogP contribution is -2.34. The molecule has 0 radical (unpaired) electrons. The largest absolute Gasteiger partial charge is 0.480 e. The van der Waals surface area contributed by atoms with Crippen molar-refractivity contribution < 1.29 is 15.1 Å². The summed E-state index contributed by atoms with van der Waals surface area (Å²) in [6, 6.07) is 9.46. The van der Waals surface area contributed by atoms with Gasteiger partial charge in [-0.25, -0.2) is 0 Å². The Balaban J connectivity index is 0.000000221. The van der Waals surface area contributed by atoms with Crippen LogP contribution in [-0.4, -0.2) is 27.1 Å². The second kappa shape index (κ2) is 6.72. The molecule has 0 saturated carbocycles. The number of aromatic nitrogens is 1. The van der Waals surface area contributed by atoms with Crippen molar-refractivity contribution in [2.45, 2.75) is 19.9 Å². The average Bonchev–Trinajstić information content (AvgIpc) is 2.43. The van der Waals surface area contributed by atoms with Crippen LogP contribution in [0.4, 0.5) is 0 Å². The molecule has 0 fully saturated rings. The summed E-state index contributed by atoms with van der Waals surface area (Å²) in [7, 11) is 0. The van der Waals surface area contributed by atoms with E-state index in [9.17, 15) is 14.8 Å². The first-order valence-corrected chi connectivity index (χ1v) is 6.13. The number of carboxylic acids is 1. The van der Waals surface area contributed by atoms with Crippen molar-refractivity contribution in [3.05, 3.63) is 46.8 Å². The van der Waals surface area contributed by atoms with Crippen LogP contribution in [0.25, 0.3) is 10.9 Å². The normalized spacial score (nSPS) is 11.8. The van der Waals surface area contributed by atoms with Crippen LogP contribution in [0, 0.1) is 5.92 Å². The minimum Gasteiger partial charge on any atom is -0.480 e. The molecule has 1 atom stereocenters. The maximum Gasteiger partial charge on any atom is 0.320 e. The van der Waals surface area contributed by atoms with Gasteiger partial charge in [-0.3, -0.25) is 9.59 Å². The van der Waals surface area contributed by atoms with Crippen molar-refractivity contribution in [3.8, 4) is 0 Å². The molecule has 0 saturated heterocycles. The van der Waals surface area contributed by atoms with Gasteiger partial charge < -0.3 is 16.0 Å². The minimum absolute atomic E-state index is 0.0208. The Kier molecular flexibility index (Phi) is 5.28. The number of carboxylic acid groups (broad SMARTS) is 1. The van der Waals surface area contributed by atoms with Crippen molar-refractivity contribution >= 4 is 16.9 Å². The van der Waals surface area contributed by atoms with Crippen molar-refractivity contribution in [2.24, 2.45) is 11.7 Å². The number of benzene rings is 1. The number of carbonyl (C=O) groups is 1. The van der Waals surface area contributed by atoms with Crippen molar-refractivity contribution in [1.29, 1.82) is 0 Å². The molecule has 0 bridgehead atoms. The van der Waals surface area contributed by atoms with E-state index in [2.05, 4.69) is 0 Å². The Morgan fingerprint density at radius 3 is 2.30 bits per heavy atom. The molecule has 0 unspecified atom stereocenters. The van der Waals surface area contributed by atoms with Gasteiger partial charge >= 0.3 is 5.97 Å². The van der Waals surface area contributed by atoms with E-state index in [-0.39, 0.29) is 5.92 Å². The van der Waals surface area contributed by atoms with E-state index in [1.54, 1.807) is 32.0 Å². The Morgan fingerprint density at radius 1 is 1.20 bits per heavy atom. The minimum atomic E-state index is -0.931. The highest BCUT2D eigenvalue weighted by molar-refractivity contribution is 5.78. The molecule has 2 aromatic rings. The average molecular weight is 278 g/mol. The molecule has 2 rings (SSSR count).